The Hall–Kier alpha value is -3.33. The molecule has 1 amide bonds. The van der Waals surface area contributed by atoms with Crippen LogP contribution in [-0.4, -0.2) is 36.6 Å². The van der Waals surface area contributed by atoms with Crippen LogP contribution >= 0.6 is 11.6 Å². The Bertz CT molecular complexity index is 1050. The Balaban J connectivity index is 1.77. The highest BCUT2D eigenvalue weighted by molar-refractivity contribution is 6.30. The van der Waals surface area contributed by atoms with Crippen LogP contribution in [-0.2, 0) is 16.1 Å². The van der Waals surface area contributed by atoms with Gasteiger partial charge in [0.15, 0.2) is 11.5 Å². The number of ether oxygens (including phenoxy) is 3. The molecule has 0 spiro atoms. The van der Waals surface area contributed by atoms with E-state index in [0.717, 1.165) is 19.3 Å². The van der Waals surface area contributed by atoms with Crippen molar-refractivity contribution in [2.45, 2.75) is 44.2 Å². The van der Waals surface area contributed by atoms with Crippen LogP contribution in [0.5, 0.6) is 11.5 Å². The first-order chi connectivity index (χ1) is 15.8. The lowest BCUT2D eigenvalue weighted by atomic mass is 9.81. The summed E-state index contributed by atoms with van der Waals surface area (Å²) in [4.78, 5) is 36.1. The molecule has 1 aliphatic carbocycles. The lowest BCUT2D eigenvalue weighted by Gasteiger charge is -2.35. The zero-order chi connectivity index (χ0) is 24.0. The fourth-order valence-corrected chi connectivity index (χ4v) is 4.10. The average molecular weight is 477 g/mol. The number of esters is 1. The van der Waals surface area contributed by atoms with Gasteiger partial charge in [-0.25, -0.2) is 4.79 Å². The number of nitrogens with one attached hydrogen (secondary N) is 1. The maximum absolute atomic E-state index is 12.9. The summed E-state index contributed by atoms with van der Waals surface area (Å²) >= 11 is 5.85. The Morgan fingerprint density at radius 3 is 2.45 bits per heavy atom. The molecule has 0 bridgehead atoms. The molecule has 2 aromatic carbocycles. The van der Waals surface area contributed by atoms with Crippen molar-refractivity contribution in [3.05, 3.63) is 62.7 Å². The van der Waals surface area contributed by atoms with Gasteiger partial charge in [0.25, 0.3) is 11.6 Å². The van der Waals surface area contributed by atoms with E-state index in [0.29, 0.717) is 24.2 Å². The molecule has 0 unspecified atom stereocenters. The molecule has 0 aromatic heterocycles. The normalized spacial score (nSPS) is 14.8. The van der Waals surface area contributed by atoms with Gasteiger partial charge in [-0.15, -0.1) is 0 Å². The fraction of sp³-hybridized carbons (Fsp3) is 0.391. The number of carbonyl (C=O) groups excluding carboxylic acids is 2. The van der Waals surface area contributed by atoms with E-state index in [-0.39, 0.29) is 28.6 Å². The molecule has 1 fully saturated rings. The molecule has 1 saturated carbocycles. The second kappa shape index (κ2) is 10.5. The predicted molar refractivity (Wildman–Crippen MR) is 121 cm³/mol. The highest BCUT2D eigenvalue weighted by Crippen LogP contribution is 2.33. The summed E-state index contributed by atoms with van der Waals surface area (Å²) in [7, 11) is 2.73. The second-order valence-electron chi connectivity index (χ2n) is 7.77. The number of halogens is 1. The van der Waals surface area contributed by atoms with E-state index in [1.807, 2.05) is 0 Å². The fourth-order valence-electron chi connectivity index (χ4n) is 3.93. The van der Waals surface area contributed by atoms with E-state index in [9.17, 15) is 19.7 Å². The van der Waals surface area contributed by atoms with Gasteiger partial charge in [0.2, 0.25) is 0 Å². The molecular weight excluding hydrogens is 452 g/mol. The van der Waals surface area contributed by atoms with Crippen LogP contribution in [0, 0.1) is 10.1 Å². The lowest BCUT2D eigenvalue weighted by Crippen LogP contribution is -2.56. The van der Waals surface area contributed by atoms with Crippen molar-refractivity contribution in [2.24, 2.45) is 0 Å². The minimum absolute atomic E-state index is 0.0964. The molecule has 0 aliphatic heterocycles. The van der Waals surface area contributed by atoms with Crippen LogP contribution < -0.4 is 14.8 Å². The number of rotatable bonds is 8. The number of hydrogen-bond acceptors (Lipinski definition) is 7. The first kappa shape index (κ1) is 24.3. The number of nitrogens with zero attached hydrogens (tertiary/aromatic N) is 1. The van der Waals surface area contributed by atoms with Gasteiger partial charge in [0.1, 0.15) is 12.1 Å². The molecule has 3 rings (SSSR count). The minimum Gasteiger partial charge on any atom is -0.493 e. The summed E-state index contributed by atoms with van der Waals surface area (Å²) in [5, 5.41) is 14.4. The van der Waals surface area contributed by atoms with Crippen LogP contribution in [0.2, 0.25) is 5.02 Å². The van der Waals surface area contributed by atoms with Crippen molar-refractivity contribution in [1.29, 1.82) is 0 Å². The van der Waals surface area contributed by atoms with Gasteiger partial charge >= 0.3 is 5.97 Å². The van der Waals surface area contributed by atoms with Gasteiger partial charge in [0.05, 0.1) is 24.7 Å². The maximum atomic E-state index is 12.9. The molecule has 0 saturated heterocycles. The number of amides is 1. The van der Waals surface area contributed by atoms with E-state index in [1.165, 1.54) is 38.5 Å². The SMILES string of the molecule is COC(=O)C1(NC(=O)c2ccc(OCc3ccc(Cl)cc3[N+](=O)[O-])c(OC)c2)CCCCC1. The summed E-state index contributed by atoms with van der Waals surface area (Å²) in [6, 6.07) is 8.89. The van der Waals surface area contributed by atoms with Crippen molar-refractivity contribution < 1.29 is 28.7 Å². The highest BCUT2D eigenvalue weighted by atomic mass is 35.5. The zero-order valence-electron chi connectivity index (χ0n) is 18.4. The Kier molecular flexibility index (Phi) is 7.75. The molecule has 1 aliphatic rings. The molecule has 0 radical (unpaired) electrons. The van der Waals surface area contributed by atoms with Crippen molar-refractivity contribution in [2.75, 3.05) is 14.2 Å². The molecule has 9 nitrogen and oxygen atoms in total. The van der Waals surface area contributed by atoms with Gasteiger partial charge in [-0.3, -0.25) is 14.9 Å². The minimum atomic E-state index is -1.04. The number of nitro benzene ring substituents is 1. The number of methoxy groups -OCH3 is 2. The first-order valence-corrected chi connectivity index (χ1v) is 10.8. The van der Waals surface area contributed by atoms with Crippen LogP contribution in [0.3, 0.4) is 0 Å². The standard InChI is InChI=1S/C23H25ClN2O7/c1-31-20-12-15(21(27)25-23(22(28)32-2)10-4-3-5-11-23)7-9-19(20)33-14-16-6-8-17(24)13-18(16)26(29)30/h6-9,12-13H,3-5,10-11,14H2,1-2H3,(H,25,27). The lowest BCUT2D eigenvalue weighted by molar-refractivity contribution is -0.385. The number of hydrogen-bond donors (Lipinski definition) is 1. The van der Waals surface area contributed by atoms with Crippen molar-refractivity contribution in [3.8, 4) is 11.5 Å². The quantitative estimate of drug-likeness (QED) is 0.340. The molecular formula is C23H25ClN2O7. The molecule has 176 valence electrons. The van der Waals surface area contributed by atoms with Gasteiger partial charge in [-0.1, -0.05) is 30.9 Å². The molecule has 2 aromatic rings. The summed E-state index contributed by atoms with van der Waals surface area (Å²) in [6.45, 7) is -0.0964. The highest BCUT2D eigenvalue weighted by Gasteiger charge is 2.42. The van der Waals surface area contributed by atoms with Crippen LogP contribution in [0.15, 0.2) is 36.4 Å². The van der Waals surface area contributed by atoms with Gasteiger partial charge in [0, 0.05) is 16.7 Å². The van der Waals surface area contributed by atoms with E-state index in [1.54, 1.807) is 12.1 Å². The molecule has 10 heteroatoms. The predicted octanol–water partition coefficient (Wildman–Crippen LogP) is 4.44. The third-order valence-corrected chi connectivity index (χ3v) is 5.92. The van der Waals surface area contributed by atoms with Crippen LogP contribution in [0.25, 0.3) is 0 Å². The second-order valence-corrected chi connectivity index (χ2v) is 8.21. The van der Waals surface area contributed by atoms with E-state index in [2.05, 4.69) is 5.32 Å². The van der Waals surface area contributed by atoms with Crippen LogP contribution in [0.4, 0.5) is 5.69 Å². The Morgan fingerprint density at radius 2 is 1.82 bits per heavy atom. The van der Waals surface area contributed by atoms with Gasteiger partial charge in [-0.2, -0.15) is 0 Å². The zero-order valence-corrected chi connectivity index (χ0v) is 19.1. The van der Waals surface area contributed by atoms with Crippen molar-refractivity contribution >= 4 is 29.2 Å². The van der Waals surface area contributed by atoms with Crippen molar-refractivity contribution in [3.63, 3.8) is 0 Å². The molecule has 0 atom stereocenters. The number of carbonyl (C=O) groups is 2. The van der Waals surface area contributed by atoms with Gasteiger partial charge in [-0.05, 0) is 43.2 Å². The maximum Gasteiger partial charge on any atom is 0.331 e. The summed E-state index contributed by atoms with van der Waals surface area (Å²) in [6.07, 6.45) is 3.68. The largest absolute Gasteiger partial charge is 0.493 e. The molecule has 0 heterocycles. The topological polar surface area (TPSA) is 117 Å². The smallest absolute Gasteiger partial charge is 0.331 e. The molecule has 1 N–H and O–H groups in total. The van der Waals surface area contributed by atoms with Gasteiger partial charge < -0.3 is 19.5 Å². The van der Waals surface area contributed by atoms with Crippen LogP contribution in [0.1, 0.15) is 48.0 Å². The summed E-state index contributed by atoms with van der Waals surface area (Å²) in [5.74, 6) is -0.304. The van der Waals surface area contributed by atoms with Crippen molar-refractivity contribution in [1.82, 2.24) is 5.32 Å². The summed E-state index contributed by atoms with van der Waals surface area (Å²) < 4.78 is 16.0. The number of benzene rings is 2. The summed E-state index contributed by atoms with van der Waals surface area (Å²) in [5.41, 5.74) is -0.575. The van der Waals surface area contributed by atoms with E-state index >= 15 is 0 Å². The third-order valence-electron chi connectivity index (χ3n) is 5.69. The third kappa shape index (κ3) is 5.54. The van der Waals surface area contributed by atoms with E-state index < -0.39 is 22.3 Å². The van der Waals surface area contributed by atoms with E-state index in [4.69, 9.17) is 25.8 Å². The average Bonchev–Trinajstić information content (AvgIpc) is 2.82. The number of nitro groups is 1. The monoisotopic (exact) mass is 476 g/mol. The Morgan fingerprint density at radius 1 is 1.09 bits per heavy atom. The Labute approximate surface area is 196 Å². The molecule has 33 heavy (non-hydrogen) atoms. The first-order valence-electron chi connectivity index (χ1n) is 10.4.